The fourth-order valence-corrected chi connectivity index (χ4v) is 1.93. The number of amides is 2. The van der Waals surface area contributed by atoms with Gasteiger partial charge in [-0.3, -0.25) is 9.59 Å². The number of rotatable bonds is 9. The molecule has 0 aliphatic heterocycles. The van der Waals surface area contributed by atoms with E-state index in [-0.39, 0.29) is 18.4 Å². The topological polar surface area (TPSA) is 119 Å². The van der Waals surface area contributed by atoms with Gasteiger partial charge in [0.25, 0.3) is 0 Å². The zero-order valence-electron chi connectivity index (χ0n) is 15.5. The summed E-state index contributed by atoms with van der Waals surface area (Å²) in [6, 6.07) is 6.80. The van der Waals surface area contributed by atoms with Crippen LogP contribution in [0, 0.1) is 5.41 Å². The summed E-state index contributed by atoms with van der Waals surface area (Å²) >= 11 is 0. The highest BCUT2D eigenvalue weighted by atomic mass is 16.5. The lowest BCUT2D eigenvalue weighted by molar-refractivity contribution is -0.132. The molecular weight excluding hydrogens is 320 g/mol. The largest absolute Gasteiger partial charge is 0.399 e. The van der Waals surface area contributed by atoms with Gasteiger partial charge in [0.2, 0.25) is 11.8 Å². The molecule has 1 aromatic carbocycles. The first-order valence-corrected chi connectivity index (χ1v) is 8.33. The number of carbonyl (C=O) groups is 2. The number of hydrogen-bond acceptors (Lipinski definition) is 5. The van der Waals surface area contributed by atoms with E-state index in [0.29, 0.717) is 30.9 Å². The van der Waals surface area contributed by atoms with Gasteiger partial charge in [0, 0.05) is 29.9 Å². The van der Waals surface area contributed by atoms with E-state index in [1.165, 1.54) is 0 Å². The molecule has 0 bridgehead atoms. The summed E-state index contributed by atoms with van der Waals surface area (Å²) in [7, 11) is 0. The van der Waals surface area contributed by atoms with Gasteiger partial charge in [0.15, 0.2) is 0 Å². The number of hydrogen-bond donors (Lipinski definition) is 4. The summed E-state index contributed by atoms with van der Waals surface area (Å²) in [6.45, 7) is 8.18. The lowest BCUT2D eigenvalue weighted by atomic mass is 9.88. The standard InChI is InChI=1S/C18H30N4O3/c1-17(2,9-10-25-18(3,4)12-19)16(24)21-11-15(23)22-14-7-5-13(20)6-8-14/h5-8H,9-12,19-20H2,1-4H3,(H,21,24)(H,22,23). The van der Waals surface area contributed by atoms with Gasteiger partial charge in [-0.05, 0) is 44.5 Å². The first-order chi connectivity index (χ1) is 11.6. The molecule has 7 heteroatoms. The van der Waals surface area contributed by atoms with E-state index in [0.717, 1.165) is 0 Å². The molecule has 25 heavy (non-hydrogen) atoms. The molecule has 0 radical (unpaired) electrons. The Labute approximate surface area is 149 Å². The Morgan fingerprint density at radius 1 is 1.12 bits per heavy atom. The fourth-order valence-electron chi connectivity index (χ4n) is 1.93. The maximum absolute atomic E-state index is 12.3. The molecule has 0 aromatic heterocycles. The van der Waals surface area contributed by atoms with E-state index < -0.39 is 11.0 Å². The Hall–Kier alpha value is -2.12. The number of nitrogen functional groups attached to an aromatic ring is 1. The molecule has 7 nitrogen and oxygen atoms in total. The highest BCUT2D eigenvalue weighted by Crippen LogP contribution is 2.22. The Bertz CT molecular complexity index is 582. The minimum absolute atomic E-state index is 0.0954. The van der Waals surface area contributed by atoms with Crippen LogP contribution in [0.25, 0.3) is 0 Å². The molecule has 0 aliphatic rings. The van der Waals surface area contributed by atoms with Gasteiger partial charge in [-0.2, -0.15) is 0 Å². The van der Waals surface area contributed by atoms with E-state index in [1.54, 1.807) is 24.3 Å². The summed E-state index contributed by atoms with van der Waals surface area (Å²) in [6.07, 6.45) is 0.530. The van der Waals surface area contributed by atoms with Crippen molar-refractivity contribution in [3.63, 3.8) is 0 Å². The van der Waals surface area contributed by atoms with Crippen molar-refractivity contribution in [1.82, 2.24) is 5.32 Å². The van der Waals surface area contributed by atoms with Crippen LogP contribution in [0.3, 0.4) is 0 Å². The number of nitrogens with two attached hydrogens (primary N) is 2. The third-order valence-corrected chi connectivity index (χ3v) is 3.93. The van der Waals surface area contributed by atoms with Crippen LogP contribution in [0.2, 0.25) is 0 Å². The van der Waals surface area contributed by atoms with Crippen molar-refractivity contribution in [2.24, 2.45) is 11.1 Å². The predicted molar refractivity (Wildman–Crippen MR) is 100.0 cm³/mol. The lowest BCUT2D eigenvalue weighted by Crippen LogP contribution is -2.42. The monoisotopic (exact) mass is 350 g/mol. The van der Waals surface area contributed by atoms with Gasteiger partial charge in [0.05, 0.1) is 12.1 Å². The number of anilines is 2. The molecule has 0 atom stereocenters. The zero-order chi connectivity index (χ0) is 19.1. The average molecular weight is 350 g/mol. The number of nitrogens with one attached hydrogen (secondary N) is 2. The first-order valence-electron chi connectivity index (χ1n) is 8.33. The molecule has 0 spiro atoms. The van der Waals surface area contributed by atoms with Crippen molar-refractivity contribution in [1.29, 1.82) is 0 Å². The number of carbonyl (C=O) groups excluding carboxylic acids is 2. The van der Waals surface area contributed by atoms with Crippen LogP contribution >= 0.6 is 0 Å². The quantitative estimate of drug-likeness (QED) is 0.503. The van der Waals surface area contributed by atoms with Crippen LogP contribution in [0.15, 0.2) is 24.3 Å². The molecule has 1 aromatic rings. The molecule has 6 N–H and O–H groups in total. The number of ether oxygens (including phenoxy) is 1. The van der Waals surface area contributed by atoms with Gasteiger partial charge in [0.1, 0.15) is 0 Å². The van der Waals surface area contributed by atoms with Crippen LogP contribution in [-0.2, 0) is 14.3 Å². The Morgan fingerprint density at radius 2 is 1.72 bits per heavy atom. The van der Waals surface area contributed by atoms with E-state index >= 15 is 0 Å². The second-order valence-electron chi connectivity index (χ2n) is 7.30. The molecule has 0 unspecified atom stereocenters. The highest BCUT2D eigenvalue weighted by molar-refractivity contribution is 5.95. The van der Waals surface area contributed by atoms with Gasteiger partial charge < -0.3 is 26.8 Å². The maximum atomic E-state index is 12.3. The molecular formula is C18H30N4O3. The third-order valence-electron chi connectivity index (χ3n) is 3.93. The Balaban J connectivity index is 2.40. The molecule has 0 saturated heterocycles. The summed E-state index contributed by atoms with van der Waals surface area (Å²) in [5.41, 5.74) is 11.4. The first kappa shape index (κ1) is 20.9. The minimum Gasteiger partial charge on any atom is -0.399 e. The lowest BCUT2D eigenvalue weighted by Gasteiger charge is -2.27. The summed E-state index contributed by atoms with van der Waals surface area (Å²) in [5, 5.41) is 5.36. The maximum Gasteiger partial charge on any atom is 0.243 e. The summed E-state index contributed by atoms with van der Waals surface area (Å²) < 4.78 is 5.68. The van der Waals surface area contributed by atoms with Gasteiger partial charge >= 0.3 is 0 Å². The van der Waals surface area contributed by atoms with E-state index in [1.807, 2.05) is 27.7 Å². The van der Waals surface area contributed by atoms with Crippen molar-refractivity contribution < 1.29 is 14.3 Å². The molecule has 140 valence electrons. The smallest absolute Gasteiger partial charge is 0.243 e. The molecule has 0 aliphatic carbocycles. The molecule has 0 fully saturated rings. The van der Waals surface area contributed by atoms with Crippen LogP contribution in [0.1, 0.15) is 34.1 Å². The Morgan fingerprint density at radius 3 is 2.28 bits per heavy atom. The van der Waals surface area contributed by atoms with Crippen LogP contribution in [-0.4, -0.2) is 37.1 Å². The highest BCUT2D eigenvalue weighted by Gasteiger charge is 2.28. The van der Waals surface area contributed by atoms with Gasteiger partial charge in [-0.25, -0.2) is 0 Å². The molecule has 0 heterocycles. The normalized spacial score (nSPS) is 11.9. The predicted octanol–water partition coefficient (Wildman–Crippen LogP) is 1.49. The van der Waals surface area contributed by atoms with Gasteiger partial charge in [-0.15, -0.1) is 0 Å². The van der Waals surface area contributed by atoms with E-state index in [2.05, 4.69) is 10.6 Å². The fraction of sp³-hybridized carbons (Fsp3) is 0.556. The van der Waals surface area contributed by atoms with Crippen LogP contribution in [0.4, 0.5) is 11.4 Å². The second-order valence-corrected chi connectivity index (χ2v) is 7.30. The van der Waals surface area contributed by atoms with Crippen molar-refractivity contribution in [2.45, 2.75) is 39.7 Å². The van der Waals surface area contributed by atoms with Gasteiger partial charge in [-0.1, -0.05) is 13.8 Å². The summed E-state index contributed by atoms with van der Waals surface area (Å²) in [5.74, 6) is -0.497. The van der Waals surface area contributed by atoms with Crippen LogP contribution < -0.4 is 22.1 Å². The second kappa shape index (κ2) is 8.82. The summed E-state index contributed by atoms with van der Waals surface area (Å²) in [4.78, 5) is 24.2. The van der Waals surface area contributed by atoms with Crippen molar-refractivity contribution in [3.8, 4) is 0 Å². The molecule has 1 rings (SSSR count). The van der Waals surface area contributed by atoms with Crippen molar-refractivity contribution >= 4 is 23.2 Å². The number of benzene rings is 1. The van der Waals surface area contributed by atoms with E-state index in [4.69, 9.17) is 16.2 Å². The minimum atomic E-state index is -0.647. The van der Waals surface area contributed by atoms with Crippen molar-refractivity contribution in [3.05, 3.63) is 24.3 Å². The van der Waals surface area contributed by atoms with Crippen LogP contribution in [0.5, 0.6) is 0 Å². The molecule has 0 saturated carbocycles. The zero-order valence-corrected chi connectivity index (χ0v) is 15.5. The van der Waals surface area contributed by atoms with E-state index in [9.17, 15) is 9.59 Å². The third kappa shape index (κ3) is 7.53. The SMILES string of the molecule is CC(C)(CN)OCCC(C)(C)C(=O)NCC(=O)Nc1ccc(N)cc1. The van der Waals surface area contributed by atoms with Crippen molar-refractivity contribution in [2.75, 3.05) is 30.7 Å². The average Bonchev–Trinajstić information content (AvgIpc) is 2.54. The molecule has 2 amide bonds. The Kier molecular flexibility index (Phi) is 7.38.